The van der Waals surface area contributed by atoms with Gasteiger partial charge >= 0.3 is 6.61 Å². The van der Waals surface area contributed by atoms with Gasteiger partial charge < -0.3 is 19.1 Å². The Morgan fingerprint density at radius 3 is 2.65 bits per heavy atom. The molecule has 8 heteroatoms. The molecular weight excluding hydrogens is 406 g/mol. The summed E-state index contributed by atoms with van der Waals surface area (Å²) in [6.07, 6.45) is 2.02. The van der Waals surface area contributed by atoms with Crippen LogP contribution >= 0.6 is 0 Å². The van der Waals surface area contributed by atoms with Gasteiger partial charge in [-0.05, 0) is 54.8 Å². The molecule has 166 valence electrons. The van der Waals surface area contributed by atoms with Crippen molar-refractivity contribution in [2.45, 2.75) is 32.0 Å². The third-order valence-electron chi connectivity index (χ3n) is 5.65. The van der Waals surface area contributed by atoms with E-state index in [1.54, 1.807) is 24.1 Å². The summed E-state index contributed by atoms with van der Waals surface area (Å²) in [4.78, 5) is 16.7. The van der Waals surface area contributed by atoms with E-state index in [1.807, 2.05) is 18.2 Å². The lowest BCUT2D eigenvalue weighted by molar-refractivity contribution is -0.131. The molecule has 2 aliphatic rings. The molecule has 1 fully saturated rings. The largest absolute Gasteiger partial charge is 0.486 e. The number of halogens is 2. The zero-order chi connectivity index (χ0) is 21.8. The monoisotopic (exact) mass is 432 g/mol. The fourth-order valence-corrected chi connectivity index (χ4v) is 4.09. The Hall–Kier alpha value is -2.87. The number of alkyl halides is 2. The number of amides is 1. The van der Waals surface area contributed by atoms with E-state index in [0.717, 1.165) is 42.0 Å². The first-order valence-electron chi connectivity index (χ1n) is 10.4. The first kappa shape index (κ1) is 21.4. The van der Waals surface area contributed by atoms with Crippen molar-refractivity contribution in [3.63, 3.8) is 0 Å². The molecule has 2 heterocycles. The van der Waals surface area contributed by atoms with Crippen LogP contribution in [-0.2, 0) is 11.3 Å². The zero-order valence-corrected chi connectivity index (χ0v) is 17.4. The molecule has 0 aliphatic carbocycles. The Kier molecular flexibility index (Phi) is 6.56. The number of nitrogens with zero attached hydrogens (tertiary/aromatic N) is 2. The second kappa shape index (κ2) is 9.51. The summed E-state index contributed by atoms with van der Waals surface area (Å²) in [5, 5.41) is 0. The molecular formula is C23H26F2N2O4. The summed E-state index contributed by atoms with van der Waals surface area (Å²) in [5.41, 5.74) is 1.98. The number of likely N-dealkylation sites (tertiary alicyclic amines) is 1. The number of carbonyl (C=O) groups excluding carboxylic acids is 1. The second-order valence-corrected chi connectivity index (χ2v) is 7.80. The van der Waals surface area contributed by atoms with E-state index >= 15 is 0 Å². The van der Waals surface area contributed by atoms with Gasteiger partial charge in [0.25, 0.3) is 0 Å². The van der Waals surface area contributed by atoms with Crippen molar-refractivity contribution in [3.8, 4) is 17.2 Å². The Labute approximate surface area is 180 Å². The van der Waals surface area contributed by atoms with Gasteiger partial charge in [-0.1, -0.05) is 18.2 Å². The maximum Gasteiger partial charge on any atom is 0.387 e. The summed E-state index contributed by atoms with van der Waals surface area (Å²) in [7, 11) is 1.75. The van der Waals surface area contributed by atoms with Gasteiger partial charge in [0.15, 0.2) is 11.5 Å². The predicted molar refractivity (Wildman–Crippen MR) is 111 cm³/mol. The number of rotatable bonds is 7. The summed E-state index contributed by atoms with van der Waals surface area (Å²) in [5.74, 6) is 1.64. The number of fused-ring (bicyclic) bond motifs is 1. The number of likely N-dealkylation sites (N-methyl/N-ethyl adjacent to an activating group) is 1. The van der Waals surface area contributed by atoms with Crippen LogP contribution < -0.4 is 14.2 Å². The van der Waals surface area contributed by atoms with Crippen LogP contribution in [0, 0.1) is 0 Å². The fourth-order valence-electron chi connectivity index (χ4n) is 4.09. The van der Waals surface area contributed by atoms with Crippen molar-refractivity contribution in [1.29, 1.82) is 0 Å². The highest BCUT2D eigenvalue weighted by atomic mass is 19.3. The van der Waals surface area contributed by atoms with Gasteiger partial charge in [0.1, 0.15) is 19.0 Å². The molecule has 1 amide bonds. The lowest BCUT2D eigenvalue weighted by Gasteiger charge is -2.28. The minimum absolute atomic E-state index is 0.0114. The quantitative estimate of drug-likeness (QED) is 0.665. The second-order valence-electron chi connectivity index (χ2n) is 7.80. The summed E-state index contributed by atoms with van der Waals surface area (Å²) in [6, 6.07) is 12.5. The number of benzene rings is 2. The van der Waals surface area contributed by atoms with Gasteiger partial charge in [-0.2, -0.15) is 8.78 Å². The average Bonchev–Trinajstić information content (AvgIpc) is 3.22. The lowest BCUT2D eigenvalue weighted by atomic mass is 10.0. The first-order valence-corrected chi connectivity index (χ1v) is 10.4. The molecule has 1 saturated heterocycles. The Morgan fingerprint density at radius 1 is 1.16 bits per heavy atom. The molecule has 0 saturated carbocycles. The normalized spacial score (nSPS) is 18.3. The third kappa shape index (κ3) is 5.25. The Balaban J connectivity index is 1.36. The molecule has 4 rings (SSSR count). The molecule has 2 aromatic carbocycles. The highest BCUT2D eigenvalue weighted by molar-refractivity contribution is 5.78. The van der Waals surface area contributed by atoms with E-state index in [0.29, 0.717) is 26.3 Å². The molecule has 6 nitrogen and oxygen atoms in total. The van der Waals surface area contributed by atoms with E-state index in [1.165, 1.54) is 12.1 Å². The van der Waals surface area contributed by atoms with Gasteiger partial charge in [-0.3, -0.25) is 9.69 Å². The van der Waals surface area contributed by atoms with Crippen molar-refractivity contribution >= 4 is 5.91 Å². The minimum atomic E-state index is -2.85. The molecule has 2 aromatic rings. The van der Waals surface area contributed by atoms with Crippen molar-refractivity contribution < 1.29 is 27.8 Å². The number of hydrogen-bond acceptors (Lipinski definition) is 5. The zero-order valence-electron chi connectivity index (χ0n) is 17.4. The van der Waals surface area contributed by atoms with Crippen LogP contribution in [0.25, 0.3) is 0 Å². The third-order valence-corrected chi connectivity index (χ3v) is 5.65. The van der Waals surface area contributed by atoms with E-state index in [4.69, 9.17) is 9.47 Å². The van der Waals surface area contributed by atoms with Crippen LogP contribution in [-0.4, -0.2) is 55.7 Å². The van der Waals surface area contributed by atoms with Gasteiger partial charge in [0, 0.05) is 19.6 Å². The molecule has 1 atom stereocenters. The molecule has 0 radical (unpaired) electrons. The van der Waals surface area contributed by atoms with Crippen molar-refractivity contribution in [3.05, 3.63) is 53.6 Å². The average molecular weight is 432 g/mol. The SMILES string of the molecule is CN(Cc1ccc(OC(F)F)cc1)C(=O)CN1CCCC1c1ccc2c(c1)OCCO2. The van der Waals surface area contributed by atoms with Crippen molar-refractivity contribution in [1.82, 2.24) is 9.80 Å². The molecule has 31 heavy (non-hydrogen) atoms. The number of hydrogen-bond donors (Lipinski definition) is 0. The maximum absolute atomic E-state index is 12.8. The first-order chi connectivity index (χ1) is 15.0. The summed E-state index contributed by atoms with van der Waals surface area (Å²) < 4.78 is 40.2. The van der Waals surface area contributed by atoms with Crippen LogP contribution in [0.3, 0.4) is 0 Å². The van der Waals surface area contributed by atoms with Gasteiger partial charge in [0.2, 0.25) is 5.91 Å². The maximum atomic E-state index is 12.8. The van der Waals surface area contributed by atoms with E-state index in [-0.39, 0.29) is 17.7 Å². The highest BCUT2D eigenvalue weighted by Gasteiger charge is 2.29. The van der Waals surface area contributed by atoms with E-state index in [9.17, 15) is 13.6 Å². The fraction of sp³-hybridized carbons (Fsp3) is 0.435. The van der Waals surface area contributed by atoms with Gasteiger partial charge in [-0.25, -0.2) is 0 Å². The molecule has 0 aromatic heterocycles. The summed E-state index contributed by atoms with van der Waals surface area (Å²) >= 11 is 0. The molecule has 0 bridgehead atoms. The molecule has 0 N–H and O–H groups in total. The predicted octanol–water partition coefficient (Wildman–Crippen LogP) is 3.85. The van der Waals surface area contributed by atoms with Crippen LogP contribution in [0.1, 0.15) is 30.0 Å². The van der Waals surface area contributed by atoms with E-state index in [2.05, 4.69) is 9.64 Å². The van der Waals surface area contributed by atoms with Crippen LogP contribution in [0.4, 0.5) is 8.78 Å². The topological polar surface area (TPSA) is 51.2 Å². The molecule has 0 spiro atoms. The minimum Gasteiger partial charge on any atom is -0.486 e. The number of ether oxygens (including phenoxy) is 3. The van der Waals surface area contributed by atoms with E-state index < -0.39 is 6.61 Å². The lowest BCUT2D eigenvalue weighted by Crippen LogP contribution is -2.37. The highest BCUT2D eigenvalue weighted by Crippen LogP contribution is 2.38. The van der Waals surface area contributed by atoms with Crippen LogP contribution in [0.5, 0.6) is 17.2 Å². The van der Waals surface area contributed by atoms with Gasteiger partial charge in [0.05, 0.1) is 6.54 Å². The van der Waals surface area contributed by atoms with Gasteiger partial charge in [-0.15, -0.1) is 0 Å². The Morgan fingerprint density at radius 2 is 1.90 bits per heavy atom. The van der Waals surface area contributed by atoms with Crippen molar-refractivity contribution in [2.24, 2.45) is 0 Å². The molecule has 1 unspecified atom stereocenters. The smallest absolute Gasteiger partial charge is 0.387 e. The number of carbonyl (C=O) groups is 1. The Bertz CT molecular complexity index is 907. The summed E-state index contributed by atoms with van der Waals surface area (Å²) in [6.45, 7) is -0.164. The van der Waals surface area contributed by atoms with Crippen LogP contribution in [0.15, 0.2) is 42.5 Å². The molecule has 2 aliphatic heterocycles. The standard InChI is InChI=1S/C23H26F2N2O4/c1-26(14-16-4-7-18(8-5-16)31-23(24)25)22(28)15-27-10-2-3-19(27)17-6-9-20-21(13-17)30-12-11-29-20/h4-9,13,19,23H,2-3,10-12,14-15H2,1H3. The van der Waals surface area contributed by atoms with Crippen molar-refractivity contribution in [2.75, 3.05) is 33.4 Å². The van der Waals surface area contributed by atoms with Crippen LogP contribution in [0.2, 0.25) is 0 Å².